The van der Waals surface area contributed by atoms with Gasteiger partial charge in [-0.2, -0.15) is 0 Å². The second-order valence-corrected chi connectivity index (χ2v) is 3.37. The Kier molecular flexibility index (Phi) is 5.15. The Morgan fingerprint density at radius 1 is 1.27 bits per heavy atom. The summed E-state index contributed by atoms with van der Waals surface area (Å²) in [5, 5.41) is 0. The van der Waals surface area contributed by atoms with Crippen LogP contribution in [0.2, 0.25) is 0 Å². The average molecular weight is 209 g/mol. The van der Waals surface area contributed by atoms with Crippen molar-refractivity contribution in [2.24, 2.45) is 5.73 Å². The Labute approximate surface area is 91.2 Å². The summed E-state index contributed by atoms with van der Waals surface area (Å²) < 4.78 is 10.8. The summed E-state index contributed by atoms with van der Waals surface area (Å²) in [7, 11) is 0. The first-order valence-corrected chi connectivity index (χ1v) is 5.30. The number of benzene rings is 1. The normalized spacial score (nSPS) is 12.5. The minimum Gasteiger partial charge on any atom is -0.491 e. The maximum atomic E-state index is 5.83. The van der Waals surface area contributed by atoms with E-state index in [9.17, 15) is 0 Å². The van der Waals surface area contributed by atoms with Crippen LogP contribution in [0.15, 0.2) is 24.3 Å². The summed E-state index contributed by atoms with van der Waals surface area (Å²) in [6.07, 6.45) is 0. The smallest absolute Gasteiger partial charge is 0.124 e. The third-order valence-corrected chi connectivity index (χ3v) is 2.10. The number of ether oxygens (including phenoxy) is 2. The molecule has 0 aliphatic carbocycles. The van der Waals surface area contributed by atoms with Crippen LogP contribution in [-0.4, -0.2) is 19.8 Å². The third-order valence-electron chi connectivity index (χ3n) is 2.10. The largest absolute Gasteiger partial charge is 0.491 e. The first-order chi connectivity index (χ1) is 7.25. The van der Waals surface area contributed by atoms with Crippen molar-refractivity contribution < 1.29 is 9.47 Å². The summed E-state index contributed by atoms with van der Waals surface area (Å²) in [5.74, 6) is 0.854. The van der Waals surface area contributed by atoms with Crippen LogP contribution in [0.3, 0.4) is 0 Å². The van der Waals surface area contributed by atoms with Crippen molar-refractivity contribution in [1.29, 1.82) is 0 Å². The van der Waals surface area contributed by atoms with E-state index in [1.54, 1.807) is 0 Å². The highest BCUT2D eigenvalue weighted by molar-refractivity contribution is 5.35. The Hall–Kier alpha value is -1.06. The molecule has 3 nitrogen and oxygen atoms in total. The molecule has 0 aromatic heterocycles. The van der Waals surface area contributed by atoms with Gasteiger partial charge in [-0.05, 0) is 19.9 Å². The molecule has 1 unspecified atom stereocenters. The Bertz CT molecular complexity index is 287. The molecule has 1 rings (SSSR count). The fourth-order valence-electron chi connectivity index (χ4n) is 1.34. The molecule has 0 spiro atoms. The zero-order chi connectivity index (χ0) is 11.1. The molecular formula is C12H19NO2. The van der Waals surface area contributed by atoms with E-state index < -0.39 is 0 Å². The van der Waals surface area contributed by atoms with Gasteiger partial charge in [0.2, 0.25) is 0 Å². The van der Waals surface area contributed by atoms with Crippen molar-refractivity contribution in [3.05, 3.63) is 29.8 Å². The Morgan fingerprint density at radius 3 is 2.67 bits per heavy atom. The molecule has 2 N–H and O–H groups in total. The highest BCUT2D eigenvalue weighted by Gasteiger charge is 2.06. The molecule has 0 bridgehead atoms. The monoisotopic (exact) mass is 209 g/mol. The van der Waals surface area contributed by atoms with Crippen molar-refractivity contribution >= 4 is 0 Å². The zero-order valence-electron chi connectivity index (χ0n) is 9.40. The summed E-state index contributed by atoms with van der Waals surface area (Å²) in [5.41, 5.74) is 6.87. The fraction of sp³-hybridized carbons (Fsp3) is 0.500. The molecule has 84 valence electrons. The number of para-hydroxylation sites is 1. The van der Waals surface area contributed by atoms with Crippen LogP contribution in [0.4, 0.5) is 0 Å². The van der Waals surface area contributed by atoms with Gasteiger partial charge in [-0.3, -0.25) is 0 Å². The molecule has 3 heteroatoms. The first kappa shape index (κ1) is 12.0. The van der Waals surface area contributed by atoms with Gasteiger partial charge >= 0.3 is 0 Å². The molecular weight excluding hydrogens is 190 g/mol. The van der Waals surface area contributed by atoms with Crippen LogP contribution in [0.1, 0.15) is 25.5 Å². The van der Waals surface area contributed by atoms with Gasteiger partial charge < -0.3 is 15.2 Å². The SMILES string of the molecule is CCOCCOc1ccccc1C(C)N. The topological polar surface area (TPSA) is 44.5 Å². The molecule has 0 heterocycles. The zero-order valence-corrected chi connectivity index (χ0v) is 9.40. The van der Waals surface area contributed by atoms with Crippen molar-refractivity contribution in [1.82, 2.24) is 0 Å². The van der Waals surface area contributed by atoms with E-state index in [2.05, 4.69) is 0 Å². The molecule has 0 saturated heterocycles. The van der Waals surface area contributed by atoms with Gasteiger partial charge in [0.15, 0.2) is 0 Å². The second kappa shape index (κ2) is 6.43. The quantitative estimate of drug-likeness (QED) is 0.730. The highest BCUT2D eigenvalue weighted by Crippen LogP contribution is 2.22. The van der Waals surface area contributed by atoms with Crippen LogP contribution in [-0.2, 0) is 4.74 Å². The minimum absolute atomic E-state index is 0.00621. The molecule has 15 heavy (non-hydrogen) atoms. The van der Waals surface area contributed by atoms with Gasteiger partial charge in [0.1, 0.15) is 12.4 Å². The van der Waals surface area contributed by atoms with E-state index in [1.165, 1.54) is 0 Å². The van der Waals surface area contributed by atoms with Crippen LogP contribution in [0.25, 0.3) is 0 Å². The van der Waals surface area contributed by atoms with Gasteiger partial charge in [0.25, 0.3) is 0 Å². The fourth-order valence-corrected chi connectivity index (χ4v) is 1.34. The highest BCUT2D eigenvalue weighted by atomic mass is 16.5. The molecule has 0 saturated carbocycles. The predicted octanol–water partition coefficient (Wildman–Crippen LogP) is 2.12. The molecule has 0 aliphatic rings. The third kappa shape index (κ3) is 3.90. The first-order valence-electron chi connectivity index (χ1n) is 5.30. The van der Waals surface area contributed by atoms with Crippen LogP contribution in [0.5, 0.6) is 5.75 Å². The van der Waals surface area contributed by atoms with Crippen LogP contribution >= 0.6 is 0 Å². The van der Waals surface area contributed by atoms with Gasteiger partial charge in [0, 0.05) is 18.2 Å². The van der Waals surface area contributed by atoms with Gasteiger partial charge in [-0.15, -0.1) is 0 Å². The average Bonchev–Trinajstić information content (AvgIpc) is 2.25. The lowest BCUT2D eigenvalue weighted by Gasteiger charge is -2.13. The lowest BCUT2D eigenvalue weighted by atomic mass is 10.1. The van der Waals surface area contributed by atoms with E-state index in [0.717, 1.165) is 17.9 Å². The minimum atomic E-state index is -0.00621. The second-order valence-electron chi connectivity index (χ2n) is 3.37. The molecule has 1 aromatic rings. The molecule has 1 aromatic carbocycles. The number of rotatable bonds is 6. The Morgan fingerprint density at radius 2 is 2.00 bits per heavy atom. The van der Waals surface area contributed by atoms with Gasteiger partial charge in [-0.1, -0.05) is 18.2 Å². The van der Waals surface area contributed by atoms with Crippen molar-refractivity contribution in [2.45, 2.75) is 19.9 Å². The number of nitrogens with two attached hydrogens (primary N) is 1. The molecule has 1 atom stereocenters. The molecule has 0 aliphatic heterocycles. The summed E-state index contributed by atoms with van der Waals surface area (Å²) >= 11 is 0. The van der Waals surface area contributed by atoms with E-state index in [0.29, 0.717) is 13.2 Å². The lowest BCUT2D eigenvalue weighted by molar-refractivity contribution is 0.109. The Balaban J connectivity index is 2.52. The maximum absolute atomic E-state index is 5.83. The van der Waals surface area contributed by atoms with E-state index in [4.69, 9.17) is 15.2 Å². The van der Waals surface area contributed by atoms with E-state index in [-0.39, 0.29) is 6.04 Å². The number of hydrogen-bond donors (Lipinski definition) is 1. The number of hydrogen-bond acceptors (Lipinski definition) is 3. The summed E-state index contributed by atoms with van der Waals surface area (Å²) in [4.78, 5) is 0. The predicted molar refractivity (Wildman–Crippen MR) is 61.0 cm³/mol. The van der Waals surface area contributed by atoms with Crippen molar-refractivity contribution in [3.63, 3.8) is 0 Å². The standard InChI is InChI=1S/C12H19NO2/c1-3-14-8-9-15-12-7-5-4-6-11(12)10(2)13/h4-7,10H,3,8-9,13H2,1-2H3. The van der Waals surface area contributed by atoms with Crippen LogP contribution in [0, 0.1) is 0 Å². The van der Waals surface area contributed by atoms with Crippen LogP contribution < -0.4 is 10.5 Å². The van der Waals surface area contributed by atoms with Gasteiger partial charge in [-0.25, -0.2) is 0 Å². The lowest BCUT2D eigenvalue weighted by Crippen LogP contribution is -2.11. The molecule has 0 amide bonds. The van der Waals surface area contributed by atoms with Gasteiger partial charge in [0.05, 0.1) is 6.61 Å². The summed E-state index contributed by atoms with van der Waals surface area (Å²) in [6.45, 7) is 5.82. The molecule has 0 fully saturated rings. The van der Waals surface area contributed by atoms with E-state index in [1.807, 2.05) is 38.1 Å². The van der Waals surface area contributed by atoms with Crippen molar-refractivity contribution in [2.75, 3.05) is 19.8 Å². The maximum Gasteiger partial charge on any atom is 0.124 e. The summed E-state index contributed by atoms with van der Waals surface area (Å²) in [6, 6.07) is 7.83. The van der Waals surface area contributed by atoms with Crippen molar-refractivity contribution in [3.8, 4) is 5.75 Å². The molecule has 0 radical (unpaired) electrons. The van der Waals surface area contributed by atoms with E-state index >= 15 is 0 Å².